The molecule has 0 fully saturated rings. The van der Waals surface area contributed by atoms with Crippen LogP contribution in [-0.2, 0) is 0 Å². The van der Waals surface area contributed by atoms with E-state index < -0.39 is 0 Å². The van der Waals surface area contributed by atoms with Gasteiger partial charge in [0.2, 0.25) is 0 Å². The van der Waals surface area contributed by atoms with Crippen LogP contribution in [0, 0.1) is 20.8 Å². The van der Waals surface area contributed by atoms with E-state index in [-0.39, 0.29) is 17.6 Å². The number of hydrogen-bond donors (Lipinski definition) is 3. The van der Waals surface area contributed by atoms with Crippen LogP contribution in [0.3, 0.4) is 0 Å². The zero-order valence-electron chi connectivity index (χ0n) is 18.1. The van der Waals surface area contributed by atoms with Crippen molar-refractivity contribution < 1.29 is 14.7 Å². The number of carbonyl (C=O) groups is 2. The second-order valence-electron chi connectivity index (χ2n) is 7.41. The van der Waals surface area contributed by atoms with Crippen LogP contribution in [0.25, 0.3) is 0 Å². The van der Waals surface area contributed by atoms with Crippen LogP contribution in [0.2, 0.25) is 0 Å². The number of carbonyl (C=O) groups excluding carboxylic acids is 2. The van der Waals surface area contributed by atoms with Gasteiger partial charge in [0.05, 0.1) is 12.4 Å². The van der Waals surface area contributed by atoms with Crippen LogP contribution in [-0.4, -0.2) is 29.4 Å². The molecule has 0 atom stereocenters. The molecule has 0 heterocycles. The Balaban J connectivity index is 1.68. The Bertz CT molecular complexity index is 1220. The maximum absolute atomic E-state index is 12.2. The van der Waals surface area contributed by atoms with Crippen LogP contribution in [0.4, 0.5) is 0 Å². The molecule has 0 bridgehead atoms. The summed E-state index contributed by atoms with van der Waals surface area (Å²) in [7, 11) is 0. The molecule has 3 aromatic carbocycles. The predicted octanol–water partition coefficient (Wildman–Crippen LogP) is 3.85. The zero-order chi connectivity index (χ0) is 23.1. The molecule has 0 saturated carbocycles. The summed E-state index contributed by atoms with van der Waals surface area (Å²) in [6.07, 6.45) is 2.83. The zero-order valence-corrected chi connectivity index (χ0v) is 18.1. The molecule has 0 aliphatic carbocycles. The van der Waals surface area contributed by atoms with Gasteiger partial charge < -0.3 is 5.11 Å². The van der Waals surface area contributed by atoms with Gasteiger partial charge in [-0.1, -0.05) is 35.4 Å². The molecule has 0 aliphatic rings. The maximum atomic E-state index is 12.2. The van der Waals surface area contributed by atoms with Crippen LogP contribution >= 0.6 is 0 Å². The average molecular weight is 428 g/mol. The number of hydrogen-bond acceptors (Lipinski definition) is 5. The lowest BCUT2D eigenvalue weighted by Gasteiger charge is -2.06. The fourth-order valence-corrected chi connectivity index (χ4v) is 3.04. The molecule has 7 heteroatoms. The van der Waals surface area contributed by atoms with Crippen molar-refractivity contribution in [2.75, 3.05) is 0 Å². The van der Waals surface area contributed by atoms with Gasteiger partial charge in [0.1, 0.15) is 5.75 Å². The lowest BCUT2D eigenvalue weighted by molar-refractivity contribution is 0.0947. The number of nitrogens with one attached hydrogen (secondary N) is 2. The van der Waals surface area contributed by atoms with Crippen LogP contribution < -0.4 is 10.9 Å². The summed E-state index contributed by atoms with van der Waals surface area (Å²) in [6.45, 7) is 5.55. The minimum atomic E-state index is -0.349. The van der Waals surface area contributed by atoms with Gasteiger partial charge in [0.25, 0.3) is 11.8 Å². The summed E-state index contributed by atoms with van der Waals surface area (Å²) in [5, 5.41) is 18.3. The molecular weight excluding hydrogens is 404 g/mol. The highest BCUT2D eigenvalue weighted by Crippen LogP contribution is 2.21. The van der Waals surface area contributed by atoms with Crippen LogP contribution in [0.5, 0.6) is 5.75 Å². The van der Waals surface area contributed by atoms with Gasteiger partial charge in [-0.3, -0.25) is 9.59 Å². The second kappa shape index (κ2) is 10.2. The number of aryl methyl sites for hydroxylation is 3. The summed E-state index contributed by atoms with van der Waals surface area (Å²) in [6, 6.07) is 17.7. The molecule has 0 aromatic heterocycles. The molecule has 162 valence electrons. The molecule has 0 saturated heterocycles. The lowest BCUT2D eigenvalue weighted by atomic mass is 10.1. The topological polar surface area (TPSA) is 103 Å². The fourth-order valence-electron chi connectivity index (χ4n) is 3.04. The first-order valence-corrected chi connectivity index (χ1v) is 9.97. The number of phenolic OH excluding ortho intramolecular Hbond substituents is 1. The first-order valence-electron chi connectivity index (χ1n) is 9.97. The van der Waals surface area contributed by atoms with Crippen molar-refractivity contribution in [2.45, 2.75) is 20.8 Å². The van der Waals surface area contributed by atoms with Crippen molar-refractivity contribution in [2.24, 2.45) is 10.2 Å². The SMILES string of the molecule is Cc1cccc(C(=O)N/N=C\c2cc(C)c(O)c(/C=N/NC(=O)c3cccc(C)c3)c2)c1. The standard InChI is InChI=1S/C25H24N4O3/c1-16-6-4-8-20(10-16)24(31)28-26-14-19-12-18(3)23(30)22(13-19)15-27-29-25(32)21-9-5-7-17(2)11-21/h4-15,30H,1-3H3,(H,28,31)(H,29,32)/b26-14-,27-15+. The van der Waals surface area contributed by atoms with E-state index in [1.54, 1.807) is 55.5 Å². The molecule has 0 aliphatic heterocycles. The lowest BCUT2D eigenvalue weighted by Crippen LogP contribution is -2.18. The second-order valence-corrected chi connectivity index (χ2v) is 7.41. The maximum Gasteiger partial charge on any atom is 0.271 e. The molecule has 3 N–H and O–H groups in total. The summed E-state index contributed by atoms with van der Waals surface area (Å²) < 4.78 is 0. The largest absolute Gasteiger partial charge is 0.507 e. The smallest absolute Gasteiger partial charge is 0.271 e. The highest BCUT2D eigenvalue weighted by molar-refractivity contribution is 5.96. The third-order valence-electron chi connectivity index (χ3n) is 4.66. The third kappa shape index (κ3) is 5.89. The molecular formula is C25H24N4O3. The number of benzene rings is 3. The van der Waals surface area contributed by atoms with E-state index in [1.165, 1.54) is 12.4 Å². The Morgan fingerprint density at radius 1 is 0.781 bits per heavy atom. The van der Waals surface area contributed by atoms with Gasteiger partial charge in [0.15, 0.2) is 0 Å². The van der Waals surface area contributed by atoms with E-state index in [2.05, 4.69) is 21.1 Å². The van der Waals surface area contributed by atoms with Gasteiger partial charge in [-0.15, -0.1) is 0 Å². The minimum absolute atomic E-state index is 0.0412. The number of nitrogens with zero attached hydrogens (tertiary/aromatic N) is 2. The van der Waals surface area contributed by atoms with Crippen molar-refractivity contribution in [3.63, 3.8) is 0 Å². The Hall–Kier alpha value is -4.26. The van der Waals surface area contributed by atoms with E-state index in [4.69, 9.17) is 0 Å². The van der Waals surface area contributed by atoms with E-state index in [1.807, 2.05) is 26.0 Å². The third-order valence-corrected chi connectivity index (χ3v) is 4.66. The summed E-state index contributed by atoms with van der Waals surface area (Å²) in [5.74, 6) is -0.627. The van der Waals surface area contributed by atoms with Gasteiger partial charge in [-0.05, 0) is 68.3 Å². The molecule has 0 radical (unpaired) electrons. The number of phenols is 1. The molecule has 32 heavy (non-hydrogen) atoms. The first kappa shape index (κ1) is 22.4. The number of amides is 2. The van der Waals surface area contributed by atoms with Gasteiger partial charge in [-0.25, -0.2) is 10.9 Å². The molecule has 2 amide bonds. The van der Waals surface area contributed by atoms with Gasteiger partial charge in [-0.2, -0.15) is 10.2 Å². The highest BCUT2D eigenvalue weighted by atomic mass is 16.3. The Kier molecular flexibility index (Phi) is 7.13. The number of hydrazone groups is 2. The average Bonchev–Trinajstić information content (AvgIpc) is 2.76. The first-order chi connectivity index (χ1) is 15.3. The van der Waals surface area contributed by atoms with Gasteiger partial charge in [0, 0.05) is 16.7 Å². The van der Waals surface area contributed by atoms with Crippen molar-refractivity contribution in [1.82, 2.24) is 10.9 Å². The quantitative estimate of drug-likeness (QED) is 0.410. The van der Waals surface area contributed by atoms with Crippen molar-refractivity contribution in [3.05, 3.63) is 99.6 Å². The van der Waals surface area contributed by atoms with E-state index in [0.717, 1.165) is 11.1 Å². The predicted molar refractivity (Wildman–Crippen MR) is 125 cm³/mol. The minimum Gasteiger partial charge on any atom is -0.507 e. The van der Waals surface area contributed by atoms with Crippen LogP contribution in [0.1, 0.15) is 48.5 Å². The monoisotopic (exact) mass is 428 g/mol. The number of rotatable bonds is 6. The summed E-state index contributed by atoms with van der Waals surface area (Å²) in [4.78, 5) is 24.4. The molecule has 0 unspecified atom stereocenters. The number of aromatic hydroxyl groups is 1. The van der Waals surface area contributed by atoms with E-state index in [9.17, 15) is 14.7 Å². The molecule has 0 spiro atoms. The van der Waals surface area contributed by atoms with Crippen molar-refractivity contribution in [1.29, 1.82) is 0 Å². The Morgan fingerprint density at radius 3 is 1.84 bits per heavy atom. The van der Waals surface area contributed by atoms with Gasteiger partial charge >= 0.3 is 0 Å². The summed E-state index contributed by atoms with van der Waals surface area (Å²) >= 11 is 0. The highest BCUT2D eigenvalue weighted by Gasteiger charge is 2.07. The fraction of sp³-hybridized carbons (Fsp3) is 0.120. The van der Waals surface area contributed by atoms with E-state index >= 15 is 0 Å². The Labute approximate surface area is 186 Å². The molecule has 7 nitrogen and oxygen atoms in total. The summed E-state index contributed by atoms with van der Waals surface area (Å²) in [5.41, 5.74) is 9.55. The van der Waals surface area contributed by atoms with Crippen molar-refractivity contribution in [3.8, 4) is 5.75 Å². The molecule has 3 aromatic rings. The van der Waals surface area contributed by atoms with Crippen LogP contribution in [0.15, 0.2) is 70.9 Å². The van der Waals surface area contributed by atoms with Crippen molar-refractivity contribution >= 4 is 24.2 Å². The Morgan fingerprint density at radius 2 is 1.31 bits per heavy atom. The normalized spacial score (nSPS) is 11.1. The van der Waals surface area contributed by atoms with E-state index in [0.29, 0.717) is 27.8 Å². The molecule has 3 rings (SSSR count).